The zero-order valence-corrected chi connectivity index (χ0v) is 18.0. The van der Waals surface area contributed by atoms with Gasteiger partial charge in [0.05, 0.1) is 0 Å². The maximum atomic E-state index is 5.35. The molecule has 0 saturated heterocycles. The van der Waals surface area contributed by atoms with E-state index in [9.17, 15) is 0 Å². The molecule has 1 aliphatic carbocycles. The minimum atomic E-state index is 0.376. The third kappa shape index (κ3) is 5.46. The van der Waals surface area contributed by atoms with Crippen LogP contribution in [0.25, 0.3) is 0 Å². The maximum Gasteiger partial charge on any atom is 0.191 e. The van der Waals surface area contributed by atoms with E-state index in [4.69, 9.17) is 4.74 Å². The minimum Gasteiger partial charge on any atom is -0.385 e. The van der Waals surface area contributed by atoms with Gasteiger partial charge in [-0.3, -0.25) is 9.89 Å². The van der Waals surface area contributed by atoms with E-state index in [0.29, 0.717) is 11.5 Å². The summed E-state index contributed by atoms with van der Waals surface area (Å²) < 4.78 is 5.35. The molecule has 2 aliphatic rings. The summed E-state index contributed by atoms with van der Waals surface area (Å²) in [5.74, 6) is 0.929. The van der Waals surface area contributed by atoms with E-state index >= 15 is 0 Å². The van der Waals surface area contributed by atoms with Crippen LogP contribution in [0.4, 0.5) is 0 Å². The van der Waals surface area contributed by atoms with Crippen LogP contribution in [0.15, 0.2) is 16.4 Å². The van der Waals surface area contributed by atoms with Crippen molar-refractivity contribution in [3.63, 3.8) is 0 Å². The van der Waals surface area contributed by atoms with Gasteiger partial charge in [-0.2, -0.15) is 0 Å². The van der Waals surface area contributed by atoms with E-state index in [-0.39, 0.29) is 0 Å². The number of hydrogen-bond acceptors (Lipinski definition) is 4. The first kappa shape index (κ1) is 20.6. The molecule has 3 rings (SSSR count). The summed E-state index contributed by atoms with van der Waals surface area (Å²) in [6.45, 7) is 7.31. The van der Waals surface area contributed by atoms with Gasteiger partial charge < -0.3 is 15.4 Å². The average Bonchev–Trinajstić information content (AvgIpc) is 3.35. The quantitative estimate of drug-likeness (QED) is 0.527. The van der Waals surface area contributed by atoms with E-state index in [0.717, 1.165) is 45.2 Å². The molecular weight excluding hydrogens is 356 g/mol. The van der Waals surface area contributed by atoms with Crippen LogP contribution < -0.4 is 10.6 Å². The first-order chi connectivity index (χ1) is 13.2. The Hall–Kier alpha value is -1.11. The normalized spacial score (nSPS) is 21.1. The summed E-state index contributed by atoms with van der Waals surface area (Å²) in [6.07, 6.45) is 7.61. The van der Waals surface area contributed by atoms with Gasteiger partial charge in [0.2, 0.25) is 0 Å². The second-order valence-electron chi connectivity index (χ2n) is 8.20. The lowest BCUT2D eigenvalue weighted by Crippen LogP contribution is -2.48. The second-order valence-corrected chi connectivity index (χ2v) is 9.20. The van der Waals surface area contributed by atoms with Crippen LogP contribution in [0.5, 0.6) is 0 Å². The number of nitrogens with one attached hydrogen (secondary N) is 2. The fraction of sp³-hybridized carbons (Fsp3) is 0.762. The SMILES string of the molecule is CN=C(NCC(C)N1CCc2sccc2C1)NCC1(CCOC)CCCC1. The molecule has 0 aromatic carbocycles. The van der Waals surface area contributed by atoms with Crippen molar-refractivity contribution in [1.82, 2.24) is 15.5 Å². The number of hydrogen-bond donors (Lipinski definition) is 2. The fourth-order valence-electron chi connectivity index (χ4n) is 4.47. The maximum absolute atomic E-state index is 5.35. The predicted molar refractivity (Wildman–Crippen MR) is 115 cm³/mol. The van der Waals surface area contributed by atoms with Gasteiger partial charge in [-0.1, -0.05) is 12.8 Å². The Morgan fingerprint density at radius 2 is 2.19 bits per heavy atom. The number of aliphatic imine (C=N–C) groups is 1. The predicted octanol–water partition coefficient (Wildman–Crippen LogP) is 3.26. The molecule has 1 fully saturated rings. The molecule has 0 bridgehead atoms. The molecule has 5 nitrogen and oxygen atoms in total. The Morgan fingerprint density at radius 1 is 1.37 bits per heavy atom. The molecule has 1 atom stereocenters. The second kappa shape index (κ2) is 9.89. The fourth-order valence-corrected chi connectivity index (χ4v) is 5.36. The summed E-state index contributed by atoms with van der Waals surface area (Å²) in [5.41, 5.74) is 1.89. The van der Waals surface area contributed by atoms with Crippen molar-refractivity contribution in [2.24, 2.45) is 10.4 Å². The summed E-state index contributed by atoms with van der Waals surface area (Å²) in [4.78, 5) is 8.60. The van der Waals surface area contributed by atoms with Crippen LogP contribution in [0.3, 0.4) is 0 Å². The number of rotatable bonds is 8. The molecule has 1 unspecified atom stereocenters. The van der Waals surface area contributed by atoms with Gasteiger partial charge in [-0.25, -0.2) is 0 Å². The van der Waals surface area contributed by atoms with Crippen molar-refractivity contribution >= 4 is 17.3 Å². The number of methoxy groups -OCH3 is 1. The van der Waals surface area contributed by atoms with E-state index < -0.39 is 0 Å². The lowest BCUT2D eigenvalue weighted by atomic mass is 9.83. The first-order valence-electron chi connectivity index (χ1n) is 10.4. The van der Waals surface area contributed by atoms with Crippen molar-refractivity contribution < 1.29 is 4.74 Å². The largest absolute Gasteiger partial charge is 0.385 e. The number of nitrogens with zero attached hydrogens (tertiary/aromatic N) is 2. The minimum absolute atomic E-state index is 0.376. The molecule has 0 spiro atoms. The molecule has 1 saturated carbocycles. The molecule has 152 valence electrons. The van der Waals surface area contributed by atoms with Crippen LogP contribution in [-0.4, -0.2) is 57.3 Å². The molecular formula is C21H36N4OS. The molecule has 2 N–H and O–H groups in total. The van der Waals surface area contributed by atoms with Gasteiger partial charge in [0, 0.05) is 57.9 Å². The van der Waals surface area contributed by atoms with Gasteiger partial charge in [0.25, 0.3) is 0 Å². The van der Waals surface area contributed by atoms with Crippen LogP contribution >= 0.6 is 11.3 Å². The van der Waals surface area contributed by atoms with Gasteiger partial charge in [0.15, 0.2) is 5.96 Å². The highest BCUT2D eigenvalue weighted by atomic mass is 32.1. The van der Waals surface area contributed by atoms with E-state index in [2.05, 4.69) is 38.9 Å². The van der Waals surface area contributed by atoms with Crippen LogP contribution in [0.1, 0.15) is 49.5 Å². The van der Waals surface area contributed by atoms with Crippen molar-refractivity contribution in [2.75, 3.05) is 40.4 Å². The smallest absolute Gasteiger partial charge is 0.191 e. The summed E-state index contributed by atoms with van der Waals surface area (Å²) in [5, 5.41) is 9.37. The summed E-state index contributed by atoms with van der Waals surface area (Å²) >= 11 is 1.90. The van der Waals surface area contributed by atoms with E-state index in [1.165, 1.54) is 37.7 Å². The zero-order valence-electron chi connectivity index (χ0n) is 17.2. The van der Waals surface area contributed by atoms with Crippen molar-refractivity contribution in [1.29, 1.82) is 0 Å². The van der Waals surface area contributed by atoms with Gasteiger partial charge in [-0.05, 0) is 55.0 Å². The Morgan fingerprint density at radius 3 is 2.93 bits per heavy atom. The van der Waals surface area contributed by atoms with E-state index in [1.54, 1.807) is 12.0 Å². The summed E-state index contributed by atoms with van der Waals surface area (Å²) in [7, 11) is 3.67. The molecule has 1 aromatic heterocycles. The highest BCUT2D eigenvalue weighted by Crippen LogP contribution is 2.40. The molecule has 1 aliphatic heterocycles. The molecule has 6 heteroatoms. The van der Waals surface area contributed by atoms with Crippen molar-refractivity contribution in [2.45, 2.75) is 58.0 Å². The van der Waals surface area contributed by atoms with Crippen LogP contribution in [0.2, 0.25) is 0 Å². The zero-order chi connectivity index (χ0) is 19.1. The number of fused-ring (bicyclic) bond motifs is 1. The van der Waals surface area contributed by atoms with Crippen LogP contribution in [0, 0.1) is 5.41 Å². The summed E-state index contributed by atoms with van der Waals surface area (Å²) in [6, 6.07) is 2.78. The first-order valence-corrected chi connectivity index (χ1v) is 11.3. The molecule has 0 radical (unpaired) electrons. The third-order valence-electron chi connectivity index (χ3n) is 6.38. The highest BCUT2D eigenvalue weighted by molar-refractivity contribution is 7.10. The highest BCUT2D eigenvalue weighted by Gasteiger charge is 2.33. The molecule has 1 aromatic rings. The molecule has 2 heterocycles. The Kier molecular flexibility index (Phi) is 7.56. The lowest BCUT2D eigenvalue weighted by Gasteiger charge is -2.33. The Labute approximate surface area is 168 Å². The monoisotopic (exact) mass is 392 g/mol. The van der Waals surface area contributed by atoms with E-state index in [1.807, 2.05) is 18.4 Å². The molecule has 0 amide bonds. The number of guanidine groups is 1. The van der Waals surface area contributed by atoms with Gasteiger partial charge in [0.1, 0.15) is 0 Å². The van der Waals surface area contributed by atoms with Crippen molar-refractivity contribution in [3.8, 4) is 0 Å². The number of thiophene rings is 1. The third-order valence-corrected chi connectivity index (χ3v) is 7.40. The van der Waals surface area contributed by atoms with Crippen LogP contribution in [-0.2, 0) is 17.7 Å². The van der Waals surface area contributed by atoms with Gasteiger partial charge >= 0.3 is 0 Å². The Bertz CT molecular complexity index is 609. The number of ether oxygens (including phenoxy) is 1. The molecule has 27 heavy (non-hydrogen) atoms. The van der Waals surface area contributed by atoms with Gasteiger partial charge in [-0.15, -0.1) is 11.3 Å². The lowest BCUT2D eigenvalue weighted by molar-refractivity contribution is 0.138. The van der Waals surface area contributed by atoms with Crippen molar-refractivity contribution in [3.05, 3.63) is 21.9 Å². The average molecular weight is 393 g/mol. The Balaban J connectivity index is 1.45. The standard InChI is InChI=1S/C21H36N4OS/c1-17(25-11-6-19-18(15-25)7-13-27-19)14-23-20(22-2)24-16-21(10-12-26-3)8-4-5-9-21/h7,13,17H,4-6,8-12,14-16H2,1-3H3,(H2,22,23,24). The topological polar surface area (TPSA) is 48.9 Å².